The molecular weight excluding hydrogens is 1200 g/mol. The topological polar surface area (TPSA) is 248 Å². The standard InChI is InChI=1S/C63H44Cl4N8O10S/c1-83-54-20-18-36(60(77)70-44-28-38(64)26-39(65)29-44)24-52(54)72-74-56-48-16-6-4-10-34(48)22-50(58(56)76)62(79)68-42-12-8-14-46(32-42)86(81,82)47-15-9-13-43(33-47)69-63(80)51-23-35-11-5-7-17-49(35)57(59(51)85-3)75-73-53-25-37(19-21-55(53)84-2)61(78)71-45-30-40(66)27-41(67)31-45/h4-33,76H,1-3H3,(H,68,79)(H,69,80)(H,70,77)(H,71,78). The van der Waals surface area contributed by atoms with E-state index in [9.17, 15) is 32.7 Å². The summed E-state index contributed by atoms with van der Waals surface area (Å²) in [4.78, 5) is 54.7. The molecule has 0 unspecified atom stereocenters. The van der Waals surface area contributed by atoms with Gasteiger partial charge in [0, 0.05) is 64.7 Å². The summed E-state index contributed by atoms with van der Waals surface area (Å²) in [5.41, 5.74) is 1.44. The Bertz CT molecular complexity index is 4550. The molecule has 86 heavy (non-hydrogen) atoms. The van der Waals surface area contributed by atoms with Crippen molar-refractivity contribution in [2.45, 2.75) is 9.79 Å². The number of nitrogens with zero attached hydrogens (tertiary/aromatic N) is 4. The van der Waals surface area contributed by atoms with Crippen molar-refractivity contribution >= 4 is 147 Å². The second-order valence-corrected chi connectivity index (χ2v) is 22.4. The summed E-state index contributed by atoms with van der Waals surface area (Å²) in [5, 5.41) is 43.8. The second-order valence-electron chi connectivity index (χ2n) is 18.7. The average molecular weight is 1250 g/mol. The van der Waals surface area contributed by atoms with Crippen molar-refractivity contribution in [3.63, 3.8) is 0 Å². The number of aromatic hydroxyl groups is 1. The van der Waals surface area contributed by atoms with Crippen molar-refractivity contribution < 1.29 is 46.9 Å². The summed E-state index contributed by atoms with van der Waals surface area (Å²) in [6, 6.07) is 46.3. The van der Waals surface area contributed by atoms with Crippen molar-refractivity contribution in [3.05, 3.63) is 224 Å². The predicted octanol–water partition coefficient (Wildman–Crippen LogP) is 17.0. The zero-order valence-corrected chi connectivity index (χ0v) is 49.0. The van der Waals surface area contributed by atoms with Crippen molar-refractivity contribution in [2.75, 3.05) is 42.6 Å². The molecule has 0 bridgehead atoms. The van der Waals surface area contributed by atoms with E-state index in [-0.39, 0.29) is 83.4 Å². The monoisotopic (exact) mass is 1240 g/mol. The summed E-state index contributed by atoms with van der Waals surface area (Å²) < 4.78 is 45.6. The first-order valence-electron chi connectivity index (χ1n) is 25.6. The van der Waals surface area contributed by atoms with Gasteiger partial charge in [-0.25, -0.2) is 8.42 Å². The fourth-order valence-electron chi connectivity index (χ4n) is 9.08. The van der Waals surface area contributed by atoms with Gasteiger partial charge in [0.05, 0.1) is 42.2 Å². The van der Waals surface area contributed by atoms with Crippen LogP contribution >= 0.6 is 46.4 Å². The molecule has 18 nitrogen and oxygen atoms in total. The van der Waals surface area contributed by atoms with Gasteiger partial charge < -0.3 is 40.6 Å². The number of azo groups is 2. The van der Waals surface area contributed by atoms with Crippen LogP contribution in [0.25, 0.3) is 21.5 Å². The van der Waals surface area contributed by atoms with Gasteiger partial charge in [-0.2, -0.15) is 0 Å². The molecule has 0 saturated carbocycles. The van der Waals surface area contributed by atoms with Crippen LogP contribution in [0.1, 0.15) is 41.4 Å². The number of ether oxygens (including phenoxy) is 3. The first kappa shape index (κ1) is 59.3. The van der Waals surface area contributed by atoms with E-state index < -0.39 is 39.2 Å². The summed E-state index contributed by atoms with van der Waals surface area (Å²) in [6.07, 6.45) is 0. The van der Waals surface area contributed by atoms with Crippen LogP contribution in [0, 0.1) is 0 Å². The third-order valence-electron chi connectivity index (χ3n) is 13.1. The summed E-state index contributed by atoms with van der Waals surface area (Å²) in [6.45, 7) is 0. The lowest BCUT2D eigenvalue weighted by Gasteiger charge is -2.15. The molecule has 430 valence electrons. The van der Waals surface area contributed by atoms with E-state index in [2.05, 4.69) is 41.7 Å². The number of hydrogen-bond acceptors (Lipinski definition) is 14. The molecule has 0 aliphatic rings. The van der Waals surface area contributed by atoms with Gasteiger partial charge in [-0.15, -0.1) is 20.5 Å². The molecule has 5 N–H and O–H groups in total. The minimum atomic E-state index is -4.34. The number of amides is 4. The van der Waals surface area contributed by atoms with E-state index in [1.54, 1.807) is 78.9 Å². The van der Waals surface area contributed by atoms with Crippen LogP contribution in [0.2, 0.25) is 20.1 Å². The lowest BCUT2D eigenvalue weighted by Crippen LogP contribution is -2.14. The van der Waals surface area contributed by atoms with E-state index >= 15 is 0 Å². The van der Waals surface area contributed by atoms with E-state index in [0.717, 1.165) is 0 Å². The Kier molecular flexibility index (Phi) is 17.6. The molecule has 0 fully saturated rings. The van der Waals surface area contributed by atoms with Crippen LogP contribution in [0.4, 0.5) is 45.5 Å². The molecule has 10 aromatic carbocycles. The smallest absolute Gasteiger partial charge is 0.259 e. The Morgan fingerprint density at radius 1 is 0.419 bits per heavy atom. The first-order chi connectivity index (χ1) is 41.4. The molecular formula is C63H44Cl4N8O10S. The van der Waals surface area contributed by atoms with Gasteiger partial charge in [0.2, 0.25) is 9.84 Å². The molecule has 23 heteroatoms. The number of hydrogen-bond donors (Lipinski definition) is 5. The van der Waals surface area contributed by atoms with Crippen molar-refractivity contribution in [2.24, 2.45) is 20.5 Å². The Morgan fingerprint density at radius 2 is 0.837 bits per heavy atom. The number of sulfone groups is 1. The summed E-state index contributed by atoms with van der Waals surface area (Å²) in [5.74, 6) is -2.50. The van der Waals surface area contributed by atoms with Crippen molar-refractivity contribution in [3.8, 4) is 23.0 Å². The van der Waals surface area contributed by atoms with Gasteiger partial charge >= 0.3 is 0 Å². The molecule has 0 atom stereocenters. The Labute approximate surface area is 510 Å². The highest BCUT2D eigenvalue weighted by molar-refractivity contribution is 7.91. The van der Waals surface area contributed by atoms with Gasteiger partial charge in [-0.3, -0.25) is 19.2 Å². The minimum absolute atomic E-state index is 0.0266. The molecule has 0 aromatic heterocycles. The largest absolute Gasteiger partial charge is 0.505 e. The summed E-state index contributed by atoms with van der Waals surface area (Å²) in [7, 11) is -0.134. The van der Waals surface area contributed by atoms with E-state index in [1.807, 2.05) is 0 Å². The molecule has 0 aliphatic carbocycles. The highest BCUT2D eigenvalue weighted by Gasteiger charge is 2.25. The van der Waals surface area contributed by atoms with Crippen molar-refractivity contribution in [1.29, 1.82) is 0 Å². The number of carbonyl (C=O) groups excluding carboxylic acids is 4. The molecule has 0 radical (unpaired) electrons. The highest BCUT2D eigenvalue weighted by Crippen LogP contribution is 2.44. The number of phenols is 1. The van der Waals surface area contributed by atoms with Gasteiger partial charge in [-0.1, -0.05) is 107 Å². The van der Waals surface area contributed by atoms with Crippen LogP contribution in [0.5, 0.6) is 23.0 Å². The van der Waals surface area contributed by atoms with Crippen LogP contribution < -0.4 is 35.5 Å². The van der Waals surface area contributed by atoms with Crippen LogP contribution in [0.15, 0.2) is 212 Å². The highest BCUT2D eigenvalue weighted by atomic mass is 35.5. The molecule has 10 rings (SSSR count). The molecule has 0 saturated heterocycles. The number of halogens is 4. The normalized spacial score (nSPS) is 11.4. The third kappa shape index (κ3) is 13.1. The Balaban J connectivity index is 0.883. The fourth-order valence-corrected chi connectivity index (χ4v) is 11.5. The maximum atomic E-state index is 14.4. The number of anilines is 4. The predicted molar refractivity (Wildman–Crippen MR) is 334 cm³/mol. The molecule has 0 spiro atoms. The van der Waals surface area contributed by atoms with Crippen molar-refractivity contribution in [1.82, 2.24) is 0 Å². The van der Waals surface area contributed by atoms with Crippen LogP contribution in [-0.4, -0.2) is 58.5 Å². The van der Waals surface area contributed by atoms with Gasteiger partial charge in [0.1, 0.15) is 34.2 Å². The Morgan fingerprint density at radius 3 is 1.30 bits per heavy atom. The molecule has 4 amide bonds. The van der Waals surface area contributed by atoms with E-state index in [1.165, 1.54) is 124 Å². The molecule has 10 aromatic rings. The van der Waals surface area contributed by atoms with E-state index in [4.69, 9.17) is 60.6 Å². The van der Waals surface area contributed by atoms with Gasteiger partial charge in [0.25, 0.3) is 23.6 Å². The third-order valence-corrected chi connectivity index (χ3v) is 15.7. The number of methoxy groups -OCH3 is 3. The van der Waals surface area contributed by atoms with Crippen LogP contribution in [-0.2, 0) is 9.84 Å². The average Bonchev–Trinajstić information content (AvgIpc) is 1.07. The lowest BCUT2D eigenvalue weighted by atomic mass is 10.0. The summed E-state index contributed by atoms with van der Waals surface area (Å²) >= 11 is 24.5. The first-order valence-corrected chi connectivity index (χ1v) is 28.6. The van der Waals surface area contributed by atoms with Gasteiger partial charge in [0.15, 0.2) is 11.5 Å². The number of nitrogens with one attached hydrogen (secondary N) is 4. The number of rotatable bonds is 17. The number of benzene rings is 10. The Hall–Kier alpha value is -9.89. The SMILES string of the molecule is COc1ccc(C(=O)Nc2cc(Cl)cc(Cl)c2)cc1N=Nc1c(O)c(C(=O)Nc2cccc(S(=O)(=O)c3cccc(NC(=O)c4cc5ccccc5c(N=Nc5cc(C(=O)Nc6cc(Cl)cc(Cl)c6)ccc5OC)c4OC)c3)c2)cc2ccccc12. The quantitative estimate of drug-likeness (QED) is 0.0539. The number of phenolic OH excluding ortho intramolecular Hbond substituents is 1. The van der Waals surface area contributed by atoms with Crippen LogP contribution in [0.3, 0.4) is 0 Å². The minimum Gasteiger partial charge on any atom is -0.505 e. The van der Waals surface area contributed by atoms with E-state index in [0.29, 0.717) is 53.0 Å². The number of fused-ring (bicyclic) bond motifs is 2. The zero-order valence-electron chi connectivity index (χ0n) is 45.2. The lowest BCUT2D eigenvalue weighted by molar-refractivity contribution is 0.101. The number of carbonyl (C=O) groups is 4. The van der Waals surface area contributed by atoms with Gasteiger partial charge in [-0.05, 0) is 132 Å². The molecule has 0 heterocycles. The second kappa shape index (κ2) is 25.5. The molecule has 0 aliphatic heterocycles. The zero-order chi connectivity index (χ0) is 60.8. The maximum absolute atomic E-state index is 14.4. The fraction of sp³-hybridized carbons (Fsp3) is 0.0476. The maximum Gasteiger partial charge on any atom is 0.259 e.